The Bertz CT molecular complexity index is 1290. The summed E-state index contributed by atoms with van der Waals surface area (Å²) in [4.78, 5) is 12.5. The van der Waals surface area contributed by atoms with E-state index in [4.69, 9.17) is 18.9 Å². The molecule has 256 valence electrons. The predicted octanol–water partition coefficient (Wildman–Crippen LogP) is -1.63. The molecule has 0 saturated carbocycles. The van der Waals surface area contributed by atoms with Gasteiger partial charge in [0.1, 0.15) is 54.6 Å². The first-order valence-corrected chi connectivity index (χ1v) is 15.0. The van der Waals surface area contributed by atoms with Crippen molar-refractivity contribution in [3.8, 4) is 23.0 Å². The van der Waals surface area contributed by atoms with Crippen LogP contribution in [0.15, 0.2) is 36.4 Å². The van der Waals surface area contributed by atoms with Crippen molar-refractivity contribution in [2.45, 2.75) is 99.9 Å². The average Bonchev–Trinajstić information content (AvgIpc) is 3.04. The van der Waals surface area contributed by atoms with Crippen LogP contribution in [0.4, 0.5) is 0 Å². The van der Waals surface area contributed by atoms with Gasteiger partial charge in [-0.2, -0.15) is 0 Å². The second-order valence-corrected chi connectivity index (χ2v) is 11.5. The summed E-state index contributed by atoms with van der Waals surface area (Å²) in [5.41, 5.74) is 1.43. The second kappa shape index (κ2) is 16.1. The number of aromatic hydroxyl groups is 2. The zero-order chi connectivity index (χ0) is 33.5. The number of carbonyl (C=O) groups is 1. The minimum Gasteiger partial charge on any atom is -0.504 e. The summed E-state index contributed by atoms with van der Waals surface area (Å²) in [6.07, 6.45) is -12.0. The Morgan fingerprint density at radius 1 is 0.609 bits per heavy atom. The van der Waals surface area contributed by atoms with Crippen molar-refractivity contribution in [1.29, 1.82) is 0 Å². The minimum atomic E-state index is -1.63. The third-order valence-corrected chi connectivity index (χ3v) is 8.09. The Kier molecular flexibility index (Phi) is 12.6. The van der Waals surface area contributed by atoms with Crippen molar-refractivity contribution < 1.29 is 74.8 Å². The topological polar surface area (TPSA) is 256 Å². The monoisotopic (exact) mass is 654 g/mol. The van der Waals surface area contributed by atoms with E-state index in [1.807, 2.05) is 0 Å². The molecule has 2 aromatic rings. The first-order valence-electron chi connectivity index (χ1n) is 15.0. The van der Waals surface area contributed by atoms with Crippen LogP contribution in [0, 0.1) is 0 Å². The smallest absolute Gasteiger partial charge is 0.229 e. The quantitative estimate of drug-likeness (QED) is 0.103. The van der Waals surface area contributed by atoms with Gasteiger partial charge in [-0.25, -0.2) is 0 Å². The normalized spacial score (nSPS) is 31.4. The molecule has 10 atom stereocenters. The fourth-order valence-corrected chi connectivity index (χ4v) is 5.28. The van der Waals surface area contributed by atoms with Gasteiger partial charge in [0.25, 0.3) is 0 Å². The molecule has 0 amide bonds. The van der Waals surface area contributed by atoms with Crippen molar-refractivity contribution in [1.82, 2.24) is 0 Å². The molecule has 2 fully saturated rings. The molecule has 2 heterocycles. The maximum absolute atomic E-state index is 12.5. The van der Waals surface area contributed by atoms with Crippen molar-refractivity contribution >= 4 is 5.78 Å². The van der Waals surface area contributed by atoms with E-state index < -0.39 is 74.6 Å². The van der Waals surface area contributed by atoms with Gasteiger partial charge in [-0.3, -0.25) is 4.79 Å². The highest BCUT2D eigenvalue weighted by Crippen LogP contribution is 2.33. The second-order valence-electron chi connectivity index (χ2n) is 11.5. The summed E-state index contributed by atoms with van der Waals surface area (Å²) in [5.74, 6) is -0.581. The third-order valence-electron chi connectivity index (χ3n) is 8.09. The molecule has 46 heavy (non-hydrogen) atoms. The highest BCUT2D eigenvalue weighted by Gasteiger charge is 2.46. The number of Topliss-reactive ketones (excluding diaryl/α,β-unsaturated/α-hetero) is 1. The Labute approximate surface area is 264 Å². The van der Waals surface area contributed by atoms with Crippen molar-refractivity contribution in [3.05, 3.63) is 47.5 Å². The number of hydrogen-bond acceptors (Lipinski definition) is 15. The number of aliphatic hydroxyl groups excluding tert-OH is 8. The van der Waals surface area contributed by atoms with Gasteiger partial charge in [-0.1, -0.05) is 12.1 Å². The van der Waals surface area contributed by atoms with Gasteiger partial charge >= 0.3 is 0 Å². The van der Waals surface area contributed by atoms with Crippen molar-refractivity contribution in [2.24, 2.45) is 0 Å². The van der Waals surface area contributed by atoms with Crippen LogP contribution in [0.1, 0.15) is 36.8 Å². The molecule has 0 aromatic heterocycles. The number of phenolic OH excluding ortho intramolecular Hbond substituents is 2. The zero-order valence-corrected chi connectivity index (χ0v) is 24.9. The van der Waals surface area contributed by atoms with Crippen LogP contribution >= 0.6 is 0 Å². The van der Waals surface area contributed by atoms with E-state index in [2.05, 4.69) is 0 Å². The van der Waals surface area contributed by atoms with Gasteiger partial charge in [0.15, 0.2) is 23.0 Å². The lowest BCUT2D eigenvalue weighted by Gasteiger charge is -2.39. The van der Waals surface area contributed by atoms with Crippen molar-refractivity contribution in [3.63, 3.8) is 0 Å². The van der Waals surface area contributed by atoms with E-state index in [0.717, 1.165) is 5.56 Å². The predicted molar refractivity (Wildman–Crippen MR) is 156 cm³/mol. The maximum atomic E-state index is 12.5. The van der Waals surface area contributed by atoms with Gasteiger partial charge in [-0.15, -0.1) is 0 Å². The molecule has 2 aliphatic rings. The van der Waals surface area contributed by atoms with Gasteiger partial charge in [0.05, 0.1) is 13.2 Å². The fourth-order valence-electron chi connectivity index (χ4n) is 5.28. The molecule has 2 saturated heterocycles. The van der Waals surface area contributed by atoms with Gasteiger partial charge < -0.3 is 70.0 Å². The van der Waals surface area contributed by atoms with Crippen LogP contribution in [-0.4, -0.2) is 131 Å². The molecule has 0 radical (unpaired) electrons. The van der Waals surface area contributed by atoms with Crippen molar-refractivity contribution in [2.75, 3.05) is 13.2 Å². The first-order chi connectivity index (χ1) is 21.9. The van der Waals surface area contributed by atoms with E-state index in [1.54, 1.807) is 12.1 Å². The largest absolute Gasteiger partial charge is 0.504 e. The molecule has 0 aliphatic carbocycles. The van der Waals surface area contributed by atoms with Crippen LogP contribution in [0.5, 0.6) is 23.0 Å². The van der Waals surface area contributed by atoms with Crippen LogP contribution < -0.4 is 9.47 Å². The lowest BCUT2D eigenvalue weighted by molar-refractivity contribution is -0.277. The molecular weight excluding hydrogens is 612 g/mol. The number of carbonyl (C=O) groups excluding carboxylic acids is 1. The van der Waals surface area contributed by atoms with E-state index in [1.165, 1.54) is 24.3 Å². The summed E-state index contributed by atoms with van der Waals surface area (Å²) < 4.78 is 21.5. The summed E-state index contributed by atoms with van der Waals surface area (Å²) >= 11 is 0. The molecule has 10 N–H and O–H groups in total. The fraction of sp³-hybridized carbons (Fsp3) is 0.581. The molecule has 0 unspecified atom stereocenters. The van der Waals surface area contributed by atoms with Crippen LogP contribution in [0.2, 0.25) is 0 Å². The number of unbranched alkanes of at least 4 members (excludes halogenated alkanes) is 1. The number of ether oxygens (including phenoxy) is 4. The lowest BCUT2D eigenvalue weighted by Crippen LogP contribution is -2.60. The highest BCUT2D eigenvalue weighted by molar-refractivity contribution is 5.78. The first kappa shape index (κ1) is 35.8. The molecule has 2 aromatic carbocycles. The number of hydrogen-bond donors (Lipinski definition) is 10. The molecular formula is C31H42O15. The minimum absolute atomic E-state index is 0.0206. The van der Waals surface area contributed by atoms with E-state index >= 15 is 0 Å². The number of aryl methyl sites for hydroxylation is 2. The number of ketones is 1. The molecule has 4 rings (SSSR count). The number of rotatable bonds is 14. The number of benzene rings is 2. The molecule has 2 aliphatic heterocycles. The standard InChI is InChI=1S/C31H42O15/c32-13-22-24(37)26(39)28(41)30(45-22)43-20-9-6-15(11-18(20)35)3-1-2-4-17(34)8-5-16-7-10-21(19(36)12-16)44-31-29(42)27(40)25(38)23(14-33)46-31/h6-7,9-12,22-33,35-42H,1-5,8,13-14H2/t22-,23+,24-,25+,26+,27-,28-,29+,30+,31-/m0/s1. The van der Waals surface area contributed by atoms with Crippen LogP contribution in [0.3, 0.4) is 0 Å². The summed E-state index contributed by atoms with van der Waals surface area (Å²) in [5, 5.41) is 99.3. The third kappa shape index (κ3) is 8.63. The number of aliphatic hydroxyl groups is 8. The van der Waals surface area contributed by atoms with Gasteiger partial charge in [0.2, 0.25) is 12.6 Å². The van der Waals surface area contributed by atoms with Gasteiger partial charge in [-0.05, 0) is 61.1 Å². The Hall–Kier alpha value is -3.09. The molecule has 0 bridgehead atoms. The summed E-state index contributed by atoms with van der Waals surface area (Å²) in [7, 11) is 0. The molecule has 15 heteroatoms. The Balaban J connectivity index is 1.18. The Morgan fingerprint density at radius 2 is 1.07 bits per heavy atom. The highest BCUT2D eigenvalue weighted by atomic mass is 16.7. The van der Waals surface area contributed by atoms with E-state index in [0.29, 0.717) is 37.7 Å². The maximum Gasteiger partial charge on any atom is 0.229 e. The zero-order valence-electron chi connectivity index (χ0n) is 24.9. The van der Waals surface area contributed by atoms with E-state index in [9.17, 15) is 55.9 Å². The number of phenols is 2. The summed E-state index contributed by atoms with van der Waals surface area (Å²) in [6, 6.07) is 9.09. The van der Waals surface area contributed by atoms with Crippen LogP contribution in [-0.2, 0) is 27.1 Å². The Morgan fingerprint density at radius 3 is 1.50 bits per heavy atom. The van der Waals surface area contributed by atoms with Gasteiger partial charge in [0, 0.05) is 12.8 Å². The SMILES string of the molecule is O=C(CCCCc1ccc(O[C@@H]2O[C@@H](CO)[C@H](O)[C@@H](O)[C@@H]2O)c(O)c1)CCc1ccc(O[C@H]2O[C@H](CO)[C@@H](O)[C@H](O)[C@H]2O)c(O)c1. The van der Waals surface area contributed by atoms with Crippen LogP contribution in [0.25, 0.3) is 0 Å². The average molecular weight is 655 g/mol. The molecule has 15 nitrogen and oxygen atoms in total. The van der Waals surface area contributed by atoms with E-state index in [-0.39, 0.29) is 35.2 Å². The summed E-state index contributed by atoms with van der Waals surface area (Å²) in [6.45, 7) is -1.23. The lowest BCUT2D eigenvalue weighted by atomic mass is 9.99. The molecule has 0 spiro atoms.